The van der Waals surface area contributed by atoms with Crippen LogP contribution in [0.3, 0.4) is 0 Å². The second-order valence-electron chi connectivity index (χ2n) is 8.34. The minimum Gasteiger partial charge on any atom is -0.506 e. The lowest BCUT2D eigenvalue weighted by atomic mass is 10.1. The molecule has 2 aliphatic heterocycles. The molecule has 0 aromatic heterocycles. The predicted octanol–water partition coefficient (Wildman–Crippen LogP) is 3.13. The molecule has 7 nitrogen and oxygen atoms in total. The van der Waals surface area contributed by atoms with Crippen LogP contribution in [0.25, 0.3) is 0 Å². The highest BCUT2D eigenvalue weighted by atomic mass is 127. The van der Waals surface area contributed by atoms with Gasteiger partial charge in [0.1, 0.15) is 5.75 Å². The number of benzene rings is 2. The van der Waals surface area contributed by atoms with E-state index in [9.17, 15) is 5.11 Å². The Morgan fingerprint density at radius 3 is 2.27 bits per heavy atom. The third kappa shape index (κ3) is 7.22. The van der Waals surface area contributed by atoms with Crippen molar-refractivity contribution in [2.75, 3.05) is 63.9 Å². The number of anilines is 1. The molecule has 0 bridgehead atoms. The van der Waals surface area contributed by atoms with E-state index < -0.39 is 0 Å². The SMILES string of the molecule is CCNC(=NCc1ccc(CN2CCOCC2)cc1)N1CCN(c2ccccc2O)CC1.I. The van der Waals surface area contributed by atoms with Gasteiger partial charge in [0.25, 0.3) is 0 Å². The Balaban J connectivity index is 0.00000306. The van der Waals surface area contributed by atoms with E-state index in [4.69, 9.17) is 9.73 Å². The van der Waals surface area contributed by atoms with Crippen LogP contribution in [0.5, 0.6) is 5.75 Å². The highest BCUT2D eigenvalue weighted by Gasteiger charge is 2.21. The lowest BCUT2D eigenvalue weighted by Gasteiger charge is -2.37. The number of nitrogens with zero attached hydrogens (tertiary/aromatic N) is 4. The lowest BCUT2D eigenvalue weighted by Crippen LogP contribution is -2.52. The number of ether oxygens (including phenoxy) is 1. The highest BCUT2D eigenvalue weighted by molar-refractivity contribution is 14.0. The quantitative estimate of drug-likeness (QED) is 0.319. The molecule has 0 spiro atoms. The first-order valence-corrected chi connectivity index (χ1v) is 11.7. The summed E-state index contributed by atoms with van der Waals surface area (Å²) < 4.78 is 5.43. The average molecular weight is 566 g/mol. The van der Waals surface area contributed by atoms with Crippen molar-refractivity contribution < 1.29 is 9.84 Å². The van der Waals surface area contributed by atoms with Crippen LogP contribution in [0.1, 0.15) is 18.1 Å². The summed E-state index contributed by atoms with van der Waals surface area (Å²) in [7, 11) is 0. The van der Waals surface area contributed by atoms with Gasteiger partial charge in [0.05, 0.1) is 25.4 Å². The molecule has 2 aromatic carbocycles. The highest BCUT2D eigenvalue weighted by Crippen LogP contribution is 2.27. The number of halogens is 1. The first kappa shape index (κ1) is 25.6. The van der Waals surface area contributed by atoms with E-state index in [2.05, 4.69) is 51.2 Å². The first-order valence-electron chi connectivity index (χ1n) is 11.7. The van der Waals surface area contributed by atoms with E-state index in [1.165, 1.54) is 11.1 Å². The van der Waals surface area contributed by atoms with E-state index in [1.54, 1.807) is 6.07 Å². The largest absolute Gasteiger partial charge is 0.506 e. The third-order valence-electron chi connectivity index (χ3n) is 6.08. The molecule has 8 heteroatoms. The maximum absolute atomic E-state index is 10.1. The molecule has 0 amide bonds. The summed E-state index contributed by atoms with van der Waals surface area (Å²) in [5, 5.41) is 13.6. The van der Waals surface area contributed by atoms with Crippen molar-refractivity contribution in [2.24, 2.45) is 4.99 Å². The number of guanidine groups is 1. The number of piperazine rings is 1. The summed E-state index contributed by atoms with van der Waals surface area (Å²) >= 11 is 0. The number of phenolic OH excluding ortho intramolecular Hbond substituents is 1. The van der Waals surface area contributed by atoms with Crippen molar-refractivity contribution in [2.45, 2.75) is 20.0 Å². The number of phenols is 1. The molecule has 180 valence electrons. The fourth-order valence-corrected chi connectivity index (χ4v) is 4.25. The molecule has 0 radical (unpaired) electrons. The van der Waals surface area contributed by atoms with Crippen molar-refractivity contribution in [3.05, 3.63) is 59.7 Å². The van der Waals surface area contributed by atoms with E-state index in [0.29, 0.717) is 12.3 Å². The van der Waals surface area contributed by atoms with Gasteiger partial charge in [-0.3, -0.25) is 4.90 Å². The van der Waals surface area contributed by atoms with Crippen LogP contribution in [0, 0.1) is 0 Å². The number of hydrogen-bond donors (Lipinski definition) is 2. The molecule has 0 atom stereocenters. The van der Waals surface area contributed by atoms with E-state index in [1.807, 2.05) is 18.2 Å². The van der Waals surface area contributed by atoms with Gasteiger partial charge in [-0.05, 0) is 30.2 Å². The standard InChI is InChI=1S/C25H35N5O2.HI/c1-2-26-25(30-13-11-29(12-14-30)23-5-3-4-6-24(23)31)27-19-21-7-9-22(10-8-21)20-28-15-17-32-18-16-28;/h3-10,31H,2,11-20H2,1H3,(H,26,27);1H. The normalized spacial score (nSPS) is 17.5. The molecule has 2 saturated heterocycles. The maximum atomic E-state index is 10.1. The molecule has 2 N–H and O–H groups in total. The van der Waals surface area contributed by atoms with Crippen LogP contribution in [-0.4, -0.2) is 79.9 Å². The molecule has 0 saturated carbocycles. The minimum absolute atomic E-state index is 0. The molecule has 0 unspecified atom stereocenters. The number of hydrogen-bond acceptors (Lipinski definition) is 5. The fraction of sp³-hybridized carbons (Fsp3) is 0.480. The zero-order chi connectivity index (χ0) is 22.2. The summed E-state index contributed by atoms with van der Waals surface area (Å²) in [5.41, 5.74) is 3.47. The van der Waals surface area contributed by atoms with Gasteiger partial charge in [0.2, 0.25) is 0 Å². The fourth-order valence-electron chi connectivity index (χ4n) is 4.25. The third-order valence-corrected chi connectivity index (χ3v) is 6.08. The predicted molar refractivity (Wildman–Crippen MR) is 145 cm³/mol. The molecule has 2 fully saturated rings. The zero-order valence-corrected chi connectivity index (χ0v) is 21.8. The number of para-hydroxylation sites is 2. The van der Waals surface area contributed by atoms with Crippen LogP contribution >= 0.6 is 24.0 Å². The molecule has 4 rings (SSSR count). The number of morpholine rings is 1. The van der Waals surface area contributed by atoms with Crippen molar-refractivity contribution in [1.29, 1.82) is 0 Å². The Kier molecular flexibility index (Phi) is 10.1. The minimum atomic E-state index is 0. The summed E-state index contributed by atoms with van der Waals surface area (Å²) in [6, 6.07) is 16.4. The summed E-state index contributed by atoms with van der Waals surface area (Å²) in [4.78, 5) is 11.9. The van der Waals surface area contributed by atoms with E-state index >= 15 is 0 Å². The second-order valence-corrected chi connectivity index (χ2v) is 8.34. The summed E-state index contributed by atoms with van der Waals surface area (Å²) in [6.45, 7) is 11.8. The van der Waals surface area contributed by atoms with Gasteiger partial charge in [-0.25, -0.2) is 4.99 Å². The molecule has 2 aliphatic rings. The van der Waals surface area contributed by atoms with Gasteiger partial charge < -0.3 is 25.0 Å². The topological polar surface area (TPSA) is 63.6 Å². The van der Waals surface area contributed by atoms with Crippen LogP contribution in [-0.2, 0) is 17.8 Å². The molecular weight excluding hydrogens is 529 g/mol. The Labute approximate surface area is 214 Å². The average Bonchev–Trinajstić information content (AvgIpc) is 2.84. The van der Waals surface area contributed by atoms with Crippen LogP contribution in [0.4, 0.5) is 5.69 Å². The number of aliphatic imine (C=N–C) groups is 1. The Morgan fingerprint density at radius 2 is 1.61 bits per heavy atom. The van der Waals surface area contributed by atoms with E-state index in [0.717, 1.165) is 77.2 Å². The molecular formula is C25H36IN5O2. The number of aromatic hydroxyl groups is 1. The van der Waals surface area contributed by atoms with Gasteiger partial charge in [0.15, 0.2) is 5.96 Å². The van der Waals surface area contributed by atoms with Gasteiger partial charge in [-0.15, -0.1) is 24.0 Å². The summed E-state index contributed by atoms with van der Waals surface area (Å²) in [6.07, 6.45) is 0. The summed E-state index contributed by atoms with van der Waals surface area (Å²) in [5.74, 6) is 1.31. The van der Waals surface area contributed by atoms with E-state index in [-0.39, 0.29) is 24.0 Å². The first-order chi connectivity index (χ1) is 15.7. The maximum Gasteiger partial charge on any atom is 0.194 e. The Morgan fingerprint density at radius 1 is 0.939 bits per heavy atom. The Bertz CT molecular complexity index is 879. The van der Waals surface area contributed by atoms with Gasteiger partial charge >= 0.3 is 0 Å². The molecule has 33 heavy (non-hydrogen) atoms. The lowest BCUT2D eigenvalue weighted by molar-refractivity contribution is 0.0342. The van der Waals surface area contributed by atoms with Gasteiger partial charge in [0, 0.05) is 52.4 Å². The van der Waals surface area contributed by atoms with Crippen molar-refractivity contribution in [1.82, 2.24) is 15.1 Å². The van der Waals surface area contributed by atoms with Crippen LogP contribution in [0.15, 0.2) is 53.5 Å². The van der Waals surface area contributed by atoms with Gasteiger partial charge in [-0.2, -0.15) is 0 Å². The van der Waals surface area contributed by atoms with Crippen LogP contribution < -0.4 is 10.2 Å². The molecule has 0 aliphatic carbocycles. The van der Waals surface area contributed by atoms with Crippen molar-refractivity contribution in [3.8, 4) is 5.75 Å². The molecule has 2 aromatic rings. The smallest absolute Gasteiger partial charge is 0.194 e. The number of rotatable bonds is 6. The van der Waals surface area contributed by atoms with Crippen molar-refractivity contribution in [3.63, 3.8) is 0 Å². The monoisotopic (exact) mass is 565 g/mol. The van der Waals surface area contributed by atoms with Gasteiger partial charge in [-0.1, -0.05) is 36.4 Å². The Hall–Kier alpha value is -2.04. The zero-order valence-electron chi connectivity index (χ0n) is 19.4. The molecule has 2 heterocycles. The van der Waals surface area contributed by atoms with Crippen molar-refractivity contribution >= 4 is 35.6 Å². The second kappa shape index (κ2) is 13.0. The van der Waals surface area contributed by atoms with Crippen LogP contribution in [0.2, 0.25) is 0 Å². The number of nitrogens with one attached hydrogen (secondary N) is 1.